The quantitative estimate of drug-likeness (QED) is 0.0421. The molecule has 0 unspecified atom stereocenters. The topological polar surface area (TPSA) is 177 Å². The minimum absolute atomic E-state index is 0.0428. The largest absolute Gasteiger partial charge is 0.460 e. The maximum absolute atomic E-state index is 12.4. The molecule has 0 saturated carbocycles. The van der Waals surface area contributed by atoms with Crippen molar-refractivity contribution in [3.8, 4) is 17.2 Å². The van der Waals surface area contributed by atoms with Crippen LogP contribution in [0.5, 0.6) is 17.2 Å². The van der Waals surface area contributed by atoms with Crippen LogP contribution < -0.4 is 30.2 Å². The van der Waals surface area contributed by atoms with Crippen molar-refractivity contribution in [2.24, 2.45) is 0 Å². The van der Waals surface area contributed by atoms with Crippen molar-refractivity contribution in [2.75, 3.05) is 46.1 Å². The van der Waals surface area contributed by atoms with Crippen LogP contribution in [0.1, 0.15) is 44.4 Å². The predicted octanol–water partition coefficient (Wildman–Crippen LogP) is 6.14. The Labute approximate surface area is 320 Å². The third-order valence-corrected chi connectivity index (χ3v) is 7.70. The summed E-state index contributed by atoms with van der Waals surface area (Å²) in [6, 6.07) is 20.8. The Morgan fingerprint density at radius 3 is 1.13 bits per heavy atom. The minimum atomic E-state index is -0.816. The zero-order valence-corrected chi connectivity index (χ0v) is 31.5. The third kappa shape index (κ3) is 14.2. The zero-order chi connectivity index (χ0) is 40.4. The zero-order valence-electron chi connectivity index (χ0n) is 31.5. The standard InChI is InChI=1S/C41H47N3O11/c1-27(2)26-50-23-20-42-38(47)53-33-14-8-30(9-15-33)41(7,31-10-16-34(17-11-31)54-39(48)43-21-24-51-36(45)28(3)4)32-12-18-35(19-13-32)55-40(49)44-22-25-52-37(46)29(5)6/h8-19H,1,3,5,20-26H2,2,4,6-7H3,(H,42,47)(H,43,48)(H,44,49). The molecule has 0 aliphatic heterocycles. The summed E-state index contributed by atoms with van der Waals surface area (Å²) in [5, 5.41) is 7.69. The van der Waals surface area contributed by atoms with Gasteiger partial charge in [0.2, 0.25) is 0 Å². The Morgan fingerprint density at radius 2 is 0.836 bits per heavy atom. The van der Waals surface area contributed by atoms with Crippen molar-refractivity contribution >= 4 is 30.2 Å². The van der Waals surface area contributed by atoms with E-state index >= 15 is 0 Å². The van der Waals surface area contributed by atoms with Gasteiger partial charge in [0.25, 0.3) is 0 Å². The maximum Gasteiger partial charge on any atom is 0.412 e. The highest BCUT2D eigenvalue weighted by atomic mass is 16.6. The number of carbonyl (C=O) groups excluding carboxylic acids is 5. The first-order valence-corrected chi connectivity index (χ1v) is 17.2. The molecule has 14 nitrogen and oxygen atoms in total. The molecule has 0 radical (unpaired) electrons. The summed E-state index contributed by atoms with van der Waals surface area (Å²) in [6.07, 6.45) is -2.09. The van der Waals surface area contributed by atoms with E-state index in [0.29, 0.717) is 19.0 Å². The van der Waals surface area contributed by atoms with Gasteiger partial charge in [0.15, 0.2) is 0 Å². The van der Waals surface area contributed by atoms with E-state index in [-0.39, 0.29) is 55.5 Å². The van der Waals surface area contributed by atoms with Crippen LogP contribution in [-0.2, 0) is 29.2 Å². The first-order valence-electron chi connectivity index (χ1n) is 17.2. The van der Waals surface area contributed by atoms with E-state index in [1.807, 2.05) is 50.2 Å². The third-order valence-electron chi connectivity index (χ3n) is 7.70. The van der Waals surface area contributed by atoms with Crippen molar-refractivity contribution in [2.45, 2.75) is 33.1 Å². The lowest BCUT2D eigenvalue weighted by atomic mass is 9.71. The Bertz CT molecular complexity index is 1740. The van der Waals surface area contributed by atoms with Crippen LogP contribution >= 0.6 is 0 Å². The molecule has 3 rings (SSSR count). The van der Waals surface area contributed by atoms with Gasteiger partial charge in [-0.2, -0.15) is 0 Å². The number of esters is 2. The molecule has 0 atom stereocenters. The molecule has 3 N–H and O–H groups in total. The SMILES string of the molecule is C=C(C)COCCNC(=O)Oc1ccc(C(C)(c2ccc(OC(=O)NCCOC(=O)C(=C)C)cc2)c2ccc(OC(=O)NCCOC(=O)C(=C)C)cc2)cc1. The summed E-state index contributed by atoms with van der Waals surface area (Å²) in [5.74, 6) is -0.250. The van der Waals surface area contributed by atoms with Gasteiger partial charge in [-0.25, -0.2) is 24.0 Å². The molecule has 14 heteroatoms. The molecule has 0 fully saturated rings. The van der Waals surface area contributed by atoms with Gasteiger partial charge in [-0.05, 0) is 80.8 Å². The summed E-state index contributed by atoms with van der Waals surface area (Å²) >= 11 is 0. The van der Waals surface area contributed by atoms with E-state index in [4.69, 9.17) is 28.4 Å². The molecule has 3 aromatic carbocycles. The number of carbonyl (C=O) groups is 5. The van der Waals surface area contributed by atoms with Gasteiger partial charge in [0, 0.05) is 23.1 Å². The van der Waals surface area contributed by atoms with E-state index in [2.05, 4.69) is 35.7 Å². The predicted molar refractivity (Wildman–Crippen MR) is 204 cm³/mol. The average Bonchev–Trinajstić information content (AvgIpc) is 3.15. The molecule has 0 saturated heterocycles. The molecule has 0 aliphatic carbocycles. The van der Waals surface area contributed by atoms with E-state index in [1.54, 1.807) is 36.4 Å². The molecule has 3 aromatic rings. The average molecular weight is 758 g/mol. The van der Waals surface area contributed by atoms with E-state index in [9.17, 15) is 24.0 Å². The smallest absolute Gasteiger partial charge is 0.412 e. The molecule has 3 amide bonds. The van der Waals surface area contributed by atoms with Crippen molar-refractivity contribution in [1.29, 1.82) is 0 Å². The van der Waals surface area contributed by atoms with Gasteiger partial charge in [-0.1, -0.05) is 61.7 Å². The first kappa shape index (κ1) is 43.0. The summed E-state index contributed by atoms with van der Waals surface area (Å²) < 4.78 is 31.6. The van der Waals surface area contributed by atoms with Gasteiger partial charge in [0.1, 0.15) is 30.5 Å². The van der Waals surface area contributed by atoms with Crippen LogP contribution in [0.25, 0.3) is 0 Å². The van der Waals surface area contributed by atoms with Crippen LogP contribution in [-0.4, -0.2) is 76.3 Å². The van der Waals surface area contributed by atoms with E-state index < -0.39 is 35.6 Å². The summed E-state index contributed by atoms with van der Waals surface area (Å²) in [5.41, 5.74) is 3.00. The minimum Gasteiger partial charge on any atom is -0.460 e. The number of ether oxygens (including phenoxy) is 6. The second kappa shape index (κ2) is 21.3. The van der Waals surface area contributed by atoms with Gasteiger partial charge < -0.3 is 44.4 Å². The normalized spacial score (nSPS) is 10.6. The Morgan fingerprint density at radius 1 is 0.527 bits per heavy atom. The number of hydrogen-bond acceptors (Lipinski definition) is 11. The van der Waals surface area contributed by atoms with Gasteiger partial charge in [-0.15, -0.1) is 0 Å². The molecule has 0 spiro atoms. The molecular formula is C41H47N3O11. The Hall–Kier alpha value is -6.41. The van der Waals surface area contributed by atoms with E-state index in [0.717, 1.165) is 22.3 Å². The second-order valence-corrected chi connectivity index (χ2v) is 12.5. The highest BCUT2D eigenvalue weighted by Gasteiger charge is 2.32. The van der Waals surface area contributed by atoms with Crippen molar-refractivity contribution in [3.63, 3.8) is 0 Å². The molecule has 0 heterocycles. The highest BCUT2D eigenvalue weighted by Crippen LogP contribution is 2.40. The lowest BCUT2D eigenvalue weighted by Crippen LogP contribution is -2.31. The second-order valence-electron chi connectivity index (χ2n) is 12.5. The van der Waals surface area contributed by atoms with E-state index in [1.165, 1.54) is 13.8 Å². The van der Waals surface area contributed by atoms with Crippen molar-refractivity contribution in [1.82, 2.24) is 16.0 Å². The molecule has 55 heavy (non-hydrogen) atoms. The number of rotatable bonds is 19. The molecule has 0 aliphatic rings. The monoisotopic (exact) mass is 757 g/mol. The van der Waals surface area contributed by atoms with Crippen LogP contribution in [0, 0.1) is 0 Å². The van der Waals surface area contributed by atoms with Crippen molar-refractivity contribution in [3.05, 3.63) is 126 Å². The summed E-state index contributed by atoms with van der Waals surface area (Å²) in [4.78, 5) is 60.2. The van der Waals surface area contributed by atoms with Gasteiger partial charge in [0.05, 0.1) is 26.3 Å². The molecule has 0 aromatic heterocycles. The Kier molecular flexibility index (Phi) is 16.7. The Balaban J connectivity index is 1.76. The van der Waals surface area contributed by atoms with Crippen molar-refractivity contribution < 1.29 is 52.4 Å². The van der Waals surface area contributed by atoms with Gasteiger partial charge >= 0.3 is 30.2 Å². The number of hydrogen-bond donors (Lipinski definition) is 3. The fraction of sp³-hybridized carbons (Fsp3) is 0.293. The lowest BCUT2D eigenvalue weighted by Gasteiger charge is -2.32. The number of nitrogens with one attached hydrogen (secondary N) is 3. The maximum atomic E-state index is 12.4. The first-order chi connectivity index (χ1) is 26.2. The van der Waals surface area contributed by atoms with Crippen LogP contribution in [0.3, 0.4) is 0 Å². The number of amides is 3. The molecular weight excluding hydrogens is 710 g/mol. The molecule has 0 bridgehead atoms. The fourth-order valence-corrected chi connectivity index (χ4v) is 4.81. The van der Waals surface area contributed by atoms with Crippen LogP contribution in [0.15, 0.2) is 109 Å². The summed E-state index contributed by atoms with van der Waals surface area (Å²) in [6.45, 7) is 18.7. The van der Waals surface area contributed by atoms with Gasteiger partial charge in [-0.3, -0.25) is 0 Å². The highest BCUT2D eigenvalue weighted by molar-refractivity contribution is 5.87. The summed E-state index contributed by atoms with van der Waals surface area (Å²) in [7, 11) is 0. The van der Waals surface area contributed by atoms with Crippen LogP contribution in [0.2, 0.25) is 0 Å². The lowest BCUT2D eigenvalue weighted by molar-refractivity contribution is -0.139. The molecule has 292 valence electrons. The fourth-order valence-electron chi connectivity index (χ4n) is 4.81. The van der Waals surface area contributed by atoms with Crippen LogP contribution in [0.4, 0.5) is 14.4 Å². The number of benzene rings is 3.